The Hall–Kier alpha value is -2.40. The molecule has 0 aliphatic carbocycles. The van der Waals surface area contributed by atoms with Crippen molar-refractivity contribution in [3.63, 3.8) is 0 Å². The average Bonchev–Trinajstić information content (AvgIpc) is 3.01. The van der Waals surface area contributed by atoms with Gasteiger partial charge in [-0.1, -0.05) is 24.3 Å². The molecule has 4 nitrogen and oxygen atoms in total. The Balaban J connectivity index is 2.04. The van der Waals surface area contributed by atoms with E-state index in [2.05, 4.69) is 10.3 Å². The summed E-state index contributed by atoms with van der Waals surface area (Å²) in [7, 11) is 0. The summed E-state index contributed by atoms with van der Waals surface area (Å²) in [5.74, 6) is -0.911. The maximum atomic E-state index is 11.3. The van der Waals surface area contributed by atoms with Gasteiger partial charge in [-0.15, -0.1) is 11.3 Å². The molecule has 2 aromatic carbocycles. The Labute approximate surface area is 126 Å². The molecule has 106 valence electrons. The van der Waals surface area contributed by atoms with E-state index >= 15 is 0 Å². The average molecular weight is 298 g/mol. The lowest BCUT2D eigenvalue weighted by molar-refractivity contribution is 0.0699. The quantitative estimate of drug-likeness (QED) is 0.759. The third-order valence-electron chi connectivity index (χ3n) is 3.35. The summed E-state index contributed by atoms with van der Waals surface area (Å²) in [4.78, 5) is 15.6. The third kappa shape index (κ3) is 2.60. The molecule has 0 saturated heterocycles. The first-order valence-corrected chi connectivity index (χ1v) is 7.46. The highest BCUT2D eigenvalue weighted by Crippen LogP contribution is 2.30. The van der Waals surface area contributed by atoms with E-state index in [-0.39, 0.29) is 6.04 Å². The smallest absolute Gasteiger partial charge is 0.336 e. The summed E-state index contributed by atoms with van der Waals surface area (Å²) in [6, 6.07) is 11.0. The molecule has 0 spiro atoms. The first-order chi connectivity index (χ1) is 10.2. The van der Waals surface area contributed by atoms with Crippen LogP contribution in [-0.4, -0.2) is 16.1 Å². The summed E-state index contributed by atoms with van der Waals surface area (Å²) in [6.07, 6.45) is 1.78. The van der Waals surface area contributed by atoms with Crippen LogP contribution in [-0.2, 0) is 0 Å². The minimum atomic E-state index is -0.911. The van der Waals surface area contributed by atoms with Crippen molar-refractivity contribution in [1.82, 2.24) is 4.98 Å². The lowest BCUT2D eigenvalue weighted by atomic mass is 10.0. The fourth-order valence-electron chi connectivity index (χ4n) is 2.35. The number of carboxylic acids is 1. The van der Waals surface area contributed by atoms with Crippen molar-refractivity contribution >= 4 is 33.8 Å². The number of aromatic carboxylic acids is 1. The van der Waals surface area contributed by atoms with E-state index in [4.69, 9.17) is 0 Å². The van der Waals surface area contributed by atoms with Gasteiger partial charge in [0.05, 0.1) is 11.6 Å². The molecule has 21 heavy (non-hydrogen) atoms. The molecule has 3 rings (SSSR count). The number of fused-ring (bicyclic) bond motifs is 1. The highest BCUT2D eigenvalue weighted by molar-refractivity contribution is 7.09. The highest BCUT2D eigenvalue weighted by Gasteiger charge is 2.13. The van der Waals surface area contributed by atoms with Crippen LogP contribution in [0.4, 0.5) is 5.69 Å². The van der Waals surface area contributed by atoms with E-state index < -0.39 is 5.97 Å². The normalized spacial score (nSPS) is 12.2. The van der Waals surface area contributed by atoms with E-state index in [1.165, 1.54) is 0 Å². The zero-order valence-corrected chi connectivity index (χ0v) is 12.2. The number of carboxylic acid groups (broad SMARTS) is 1. The van der Waals surface area contributed by atoms with Crippen LogP contribution in [0, 0.1) is 0 Å². The van der Waals surface area contributed by atoms with Gasteiger partial charge < -0.3 is 10.4 Å². The molecule has 1 atom stereocenters. The van der Waals surface area contributed by atoms with Gasteiger partial charge in [0.25, 0.3) is 0 Å². The first-order valence-electron chi connectivity index (χ1n) is 6.58. The van der Waals surface area contributed by atoms with Gasteiger partial charge in [-0.05, 0) is 24.4 Å². The van der Waals surface area contributed by atoms with Crippen LogP contribution in [0.2, 0.25) is 0 Å². The monoisotopic (exact) mass is 298 g/mol. The third-order valence-corrected chi connectivity index (χ3v) is 4.31. The minimum absolute atomic E-state index is 0.0732. The summed E-state index contributed by atoms with van der Waals surface area (Å²) < 4.78 is 0. The molecular formula is C16H14N2O2S. The number of hydrogen-bond donors (Lipinski definition) is 2. The maximum absolute atomic E-state index is 11.3. The second-order valence-corrected chi connectivity index (χ2v) is 5.67. The van der Waals surface area contributed by atoms with Crippen molar-refractivity contribution < 1.29 is 9.90 Å². The van der Waals surface area contributed by atoms with Gasteiger partial charge in [-0.3, -0.25) is 0 Å². The lowest BCUT2D eigenvalue weighted by Crippen LogP contribution is -2.07. The fourth-order valence-corrected chi connectivity index (χ4v) is 3.00. The van der Waals surface area contributed by atoms with Gasteiger partial charge in [0, 0.05) is 22.7 Å². The molecule has 0 saturated carbocycles. The molecule has 1 aromatic heterocycles. The number of carbonyl (C=O) groups is 1. The van der Waals surface area contributed by atoms with E-state index in [9.17, 15) is 9.90 Å². The van der Waals surface area contributed by atoms with Gasteiger partial charge in [0.15, 0.2) is 0 Å². The van der Waals surface area contributed by atoms with E-state index in [0.29, 0.717) is 5.56 Å². The molecule has 0 fully saturated rings. The molecule has 1 unspecified atom stereocenters. The molecular weight excluding hydrogens is 284 g/mol. The van der Waals surface area contributed by atoms with Crippen LogP contribution in [0.1, 0.15) is 28.3 Å². The standard InChI is InChI=1S/C16H14N2O2S/c1-10(15-17-8-9-21-15)18-14-7-6-13(16(19)20)11-4-2-3-5-12(11)14/h2-10,18H,1H3,(H,19,20). The number of nitrogens with one attached hydrogen (secondary N) is 1. The van der Waals surface area contributed by atoms with Gasteiger partial charge in [0.1, 0.15) is 5.01 Å². The molecule has 5 heteroatoms. The molecule has 3 aromatic rings. The predicted molar refractivity (Wildman–Crippen MR) is 85.1 cm³/mol. The number of benzene rings is 2. The minimum Gasteiger partial charge on any atom is -0.478 e. The number of rotatable bonds is 4. The number of nitrogens with zero attached hydrogens (tertiary/aromatic N) is 1. The van der Waals surface area contributed by atoms with Crippen molar-refractivity contribution in [1.29, 1.82) is 0 Å². The van der Waals surface area contributed by atoms with Gasteiger partial charge >= 0.3 is 5.97 Å². The molecule has 0 amide bonds. The van der Waals surface area contributed by atoms with Crippen LogP contribution in [0.15, 0.2) is 48.0 Å². The van der Waals surface area contributed by atoms with Gasteiger partial charge in [-0.25, -0.2) is 9.78 Å². The number of aromatic nitrogens is 1. The van der Waals surface area contributed by atoms with E-state index in [0.717, 1.165) is 21.5 Å². The number of thiazole rings is 1. The molecule has 0 aliphatic heterocycles. The lowest BCUT2D eigenvalue weighted by Gasteiger charge is -2.16. The van der Waals surface area contributed by atoms with Gasteiger partial charge in [-0.2, -0.15) is 0 Å². The van der Waals surface area contributed by atoms with Crippen molar-refractivity contribution in [2.24, 2.45) is 0 Å². The van der Waals surface area contributed by atoms with Gasteiger partial charge in [0.2, 0.25) is 0 Å². The maximum Gasteiger partial charge on any atom is 0.336 e. The number of anilines is 1. The summed E-state index contributed by atoms with van der Waals surface area (Å²) in [5.41, 5.74) is 1.23. The predicted octanol–water partition coefficient (Wildman–Crippen LogP) is 4.17. The van der Waals surface area contributed by atoms with Crippen LogP contribution < -0.4 is 5.32 Å². The Morgan fingerprint density at radius 3 is 2.67 bits per heavy atom. The summed E-state index contributed by atoms with van der Waals surface area (Å²) in [6.45, 7) is 2.04. The Kier molecular flexibility index (Phi) is 3.58. The second kappa shape index (κ2) is 5.54. The molecule has 1 heterocycles. The van der Waals surface area contributed by atoms with Crippen molar-refractivity contribution in [3.05, 3.63) is 58.5 Å². The highest BCUT2D eigenvalue weighted by atomic mass is 32.1. The Morgan fingerprint density at radius 2 is 2.00 bits per heavy atom. The Morgan fingerprint density at radius 1 is 1.24 bits per heavy atom. The van der Waals surface area contributed by atoms with Crippen LogP contribution in [0.3, 0.4) is 0 Å². The first kappa shape index (κ1) is 13.6. The number of hydrogen-bond acceptors (Lipinski definition) is 4. The summed E-state index contributed by atoms with van der Waals surface area (Å²) >= 11 is 1.60. The van der Waals surface area contributed by atoms with E-state index in [1.807, 2.05) is 42.6 Å². The van der Waals surface area contributed by atoms with Crippen LogP contribution in [0.25, 0.3) is 10.8 Å². The van der Waals surface area contributed by atoms with Crippen LogP contribution >= 0.6 is 11.3 Å². The van der Waals surface area contributed by atoms with Crippen molar-refractivity contribution in [2.45, 2.75) is 13.0 Å². The molecule has 0 aliphatic rings. The molecule has 0 radical (unpaired) electrons. The van der Waals surface area contributed by atoms with Crippen molar-refractivity contribution in [2.75, 3.05) is 5.32 Å². The topological polar surface area (TPSA) is 62.2 Å². The van der Waals surface area contributed by atoms with E-state index in [1.54, 1.807) is 23.6 Å². The van der Waals surface area contributed by atoms with Crippen molar-refractivity contribution in [3.8, 4) is 0 Å². The fraction of sp³-hybridized carbons (Fsp3) is 0.125. The summed E-state index contributed by atoms with van der Waals surface area (Å²) in [5, 5.41) is 17.3. The second-order valence-electron chi connectivity index (χ2n) is 4.75. The SMILES string of the molecule is CC(Nc1ccc(C(=O)O)c2ccccc12)c1nccs1. The largest absolute Gasteiger partial charge is 0.478 e. The zero-order valence-electron chi connectivity index (χ0n) is 11.4. The zero-order chi connectivity index (χ0) is 14.8. The molecule has 2 N–H and O–H groups in total. The van der Waals surface area contributed by atoms with Crippen LogP contribution in [0.5, 0.6) is 0 Å². The molecule has 0 bridgehead atoms. The Bertz CT molecular complexity index is 784.